The van der Waals surface area contributed by atoms with Gasteiger partial charge in [-0.15, -0.1) is 0 Å². The maximum atomic E-state index is 12.3. The molecule has 1 atom stereocenters. The number of methoxy groups -OCH3 is 1. The highest BCUT2D eigenvalue weighted by Crippen LogP contribution is 2.15. The molecule has 1 aromatic heterocycles. The van der Waals surface area contributed by atoms with Crippen LogP contribution in [0.1, 0.15) is 36.7 Å². The lowest BCUT2D eigenvalue weighted by Gasteiger charge is -2.15. The van der Waals surface area contributed by atoms with E-state index in [9.17, 15) is 18.0 Å². The van der Waals surface area contributed by atoms with Crippen LogP contribution in [0.25, 0.3) is 0 Å². The molecule has 22 heavy (non-hydrogen) atoms. The summed E-state index contributed by atoms with van der Waals surface area (Å²) in [6.45, 7) is 1.86. The molecule has 2 N–H and O–H groups in total. The Morgan fingerprint density at radius 3 is 2.68 bits per heavy atom. The highest BCUT2D eigenvalue weighted by atomic mass is 32.2. The van der Waals surface area contributed by atoms with E-state index in [-0.39, 0.29) is 6.42 Å². The number of nitrogens with zero attached hydrogens (tertiary/aromatic N) is 1. The summed E-state index contributed by atoms with van der Waals surface area (Å²) >= 11 is 0. The number of unbranched alkanes of at least 4 members (excludes halogenated alkanes) is 1. The van der Waals surface area contributed by atoms with Crippen molar-refractivity contribution in [2.45, 2.75) is 37.1 Å². The second kappa shape index (κ2) is 7.85. The molecule has 1 heterocycles. The van der Waals surface area contributed by atoms with Crippen molar-refractivity contribution in [2.24, 2.45) is 0 Å². The minimum absolute atomic E-state index is 0.152. The number of carboxylic acids is 1. The molecule has 0 aromatic carbocycles. The van der Waals surface area contributed by atoms with E-state index in [1.54, 1.807) is 0 Å². The van der Waals surface area contributed by atoms with E-state index in [4.69, 9.17) is 5.11 Å². The minimum atomic E-state index is -4.21. The zero-order chi connectivity index (χ0) is 16.8. The van der Waals surface area contributed by atoms with Gasteiger partial charge in [0.1, 0.15) is 10.9 Å². The second-order valence-corrected chi connectivity index (χ2v) is 6.18. The quantitative estimate of drug-likeness (QED) is 0.675. The lowest BCUT2D eigenvalue weighted by Crippen LogP contribution is -2.41. The van der Waals surface area contributed by atoms with Crippen molar-refractivity contribution in [3.63, 3.8) is 0 Å². The third-order valence-corrected chi connectivity index (χ3v) is 4.38. The number of aromatic nitrogens is 1. The third-order valence-electron chi connectivity index (χ3n) is 2.88. The van der Waals surface area contributed by atoms with Crippen LogP contribution in [0.15, 0.2) is 23.2 Å². The largest absolute Gasteiger partial charge is 0.480 e. The van der Waals surface area contributed by atoms with Crippen LogP contribution in [0.2, 0.25) is 0 Å². The van der Waals surface area contributed by atoms with Crippen molar-refractivity contribution in [3.05, 3.63) is 24.0 Å². The van der Waals surface area contributed by atoms with Crippen molar-refractivity contribution in [1.82, 2.24) is 9.71 Å². The predicted octanol–water partition coefficient (Wildman–Crippen LogP) is 0.790. The molecular weight excluding hydrogens is 312 g/mol. The predicted molar refractivity (Wildman–Crippen MR) is 76.8 cm³/mol. The van der Waals surface area contributed by atoms with E-state index in [0.717, 1.165) is 13.5 Å². The smallest absolute Gasteiger partial charge is 0.358 e. The molecule has 1 unspecified atom stereocenters. The molecule has 0 spiro atoms. The number of hydrogen-bond donors (Lipinski definition) is 2. The fourth-order valence-corrected chi connectivity index (χ4v) is 3.12. The molecule has 0 saturated carbocycles. The van der Waals surface area contributed by atoms with Crippen LogP contribution in [0, 0.1) is 0 Å². The lowest BCUT2D eigenvalue weighted by atomic mass is 10.1. The van der Waals surface area contributed by atoms with Crippen LogP contribution in [0.3, 0.4) is 0 Å². The summed E-state index contributed by atoms with van der Waals surface area (Å²) in [6.07, 6.45) is 2.68. The number of carbonyl (C=O) groups is 2. The zero-order valence-electron chi connectivity index (χ0n) is 12.3. The second-order valence-electron chi connectivity index (χ2n) is 4.50. The van der Waals surface area contributed by atoms with Gasteiger partial charge in [-0.3, -0.25) is 4.79 Å². The monoisotopic (exact) mass is 330 g/mol. The highest BCUT2D eigenvalue weighted by Gasteiger charge is 2.29. The first-order valence-corrected chi connectivity index (χ1v) is 8.10. The maximum absolute atomic E-state index is 12.3. The summed E-state index contributed by atoms with van der Waals surface area (Å²) in [4.78, 5) is 26.0. The normalized spacial score (nSPS) is 12.6. The number of esters is 1. The molecule has 122 valence electrons. The Balaban J connectivity index is 3.13. The van der Waals surface area contributed by atoms with Gasteiger partial charge < -0.3 is 9.84 Å². The van der Waals surface area contributed by atoms with Gasteiger partial charge in [-0.2, -0.15) is 4.72 Å². The molecule has 1 rings (SSSR count). The van der Waals surface area contributed by atoms with E-state index in [1.165, 1.54) is 18.3 Å². The van der Waals surface area contributed by atoms with Gasteiger partial charge in [0.15, 0.2) is 5.69 Å². The summed E-state index contributed by atoms with van der Waals surface area (Å²) in [7, 11) is -3.12. The van der Waals surface area contributed by atoms with E-state index in [1.807, 2.05) is 6.92 Å². The maximum Gasteiger partial charge on any atom is 0.358 e. The summed E-state index contributed by atoms with van der Waals surface area (Å²) in [5.74, 6) is -2.19. The van der Waals surface area contributed by atoms with Crippen molar-refractivity contribution >= 4 is 22.0 Å². The number of sulfonamides is 1. The number of hydrogen-bond acceptors (Lipinski definition) is 6. The van der Waals surface area contributed by atoms with Crippen LogP contribution in [0.5, 0.6) is 0 Å². The van der Waals surface area contributed by atoms with E-state index in [0.29, 0.717) is 6.42 Å². The number of pyridine rings is 1. The van der Waals surface area contributed by atoms with Gasteiger partial charge in [0.2, 0.25) is 10.0 Å². The van der Waals surface area contributed by atoms with Crippen molar-refractivity contribution < 1.29 is 27.9 Å². The standard InChI is InChI=1S/C13H18N2O6S/c1-3-4-6-9(12(16)17)15-22(19,20)10-7-5-8-14-11(10)13(18)21-2/h5,7-9,15H,3-4,6H2,1-2H3,(H,16,17). The first kappa shape index (κ1) is 18.1. The molecule has 0 aliphatic carbocycles. The molecule has 0 aliphatic rings. The number of carbonyl (C=O) groups excluding carboxylic acids is 1. The first-order valence-electron chi connectivity index (χ1n) is 6.62. The van der Waals surface area contributed by atoms with Gasteiger partial charge in [0.25, 0.3) is 0 Å². The molecular formula is C13H18N2O6S. The average molecular weight is 330 g/mol. The van der Waals surface area contributed by atoms with E-state index < -0.39 is 38.6 Å². The minimum Gasteiger partial charge on any atom is -0.480 e. The number of ether oxygens (including phenoxy) is 1. The van der Waals surface area contributed by atoms with Gasteiger partial charge in [-0.25, -0.2) is 18.2 Å². The number of aliphatic carboxylic acids is 1. The van der Waals surface area contributed by atoms with Gasteiger partial charge in [-0.05, 0) is 18.6 Å². The summed E-state index contributed by atoms with van der Waals surface area (Å²) < 4.78 is 31.2. The van der Waals surface area contributed by atoms with Crippen molar-refractivity contribution in [2.75, 3.05) is 7.11 Å². The Hall–Kier alpha value is -2.00. The SMILES string of the molecule is CCCCC(NS(=O)(=O)c1cccnc1C(=O)OC)C(=O)O. The number of rotatable bonds is 8. The number of nitrogens with one attached hydrogen (secondary N) is 1. The zero-order valence-corrected chi connectivity index (χ0v) is 13.1. The van der Waals surface area contributed by atoms with Gasteiger partial charge in [0.05, 0.1) is 7.11 Å². The van der Waals surface area contributed by atoms with Gasteiger partial charge in [0, 0.05) is 6.20 Å². The molecule has 0 aliphatic heterocycles. The molecule has 0 radical (unpaired) electrons. The molecule has 0 fully saturated rings. The van der Waals surface area contributed by atoms with E-state index >= 15 is 0 Å². The Morgan fingerprint density at radius 2 is 2.14 bits per heavy atom. The summed E-state index contributed by atoms with van der Waals surface area (Å²) in [5.41, 5.74) is -0.392. The third kappa shape index (κ3) is 4.50. The van der Waals surface area contributed by atoms with Gasteiger partial charge >= 0.3 is 11.9 Å². The van der Waals surface area contributed by atoms with E-state index in [2.05, 4.69) is 14.4 Å². The first-order chi connectivity index (χ1) is 10.3. The average Bonchev–Trinajstić information content (AvgIpc) is 2.50. The lowest BCUT2D eigenvalue weighted by molar-refractivity contribution is -0.139. The topological polar surface area (TPSA) is 123 Å². The summed E-state index contributed by atoms with van der Waals surface area (Å²) in [5, 5.41) is 9.10. The van der Waals surface area contributed by atoms with Crippen LogP contribution >= 0.6 is 0 Å². The summed E-state index contributed by atoms with van der Waals surface area (Å²) in [6, 6.07) is 1.24. The Morgan fingerprint density at radius 1 is 1.45 bits per heavy atom. The highest BCUT2D eigenvalue weighted by molar-refractivity contribution is 7.89. The van der Waals surface area contributed by atoms with Crippen molar-refractivity contribution in [1.29, 1.82) is 0 Å². The molecule has 0 amide bonds. The van der Waals surface area contributed by atoms with Crippen LogP contribution in [-0.4, -0.2) is 43.6 Å². The van der Waals surface area contributed by atoms with Crippen molar-refractivity contribution in [3.8, 4) is 0 Å². The van der Waals surface area contributed by atoms with Crippen LogP contribution in [0.4, 0.5) is 0 Å². The Bertz CT molecular complexity index is 644. The number of carboxylic acid groups (broad SMARTS) is 1. The Kier molecular flexibility index (Phi) is 6.44. The molecule has 8 nitrogen and oxygen atoms in total. The van der Waals surface area contributed by atoms with Crippen LogP contribution < -0.4 is 4.72 Å². The molecule has 0 bridgehead atoms. The fourth-order valence-electron chi connectivity index (χ4n) is 1.75. The van der Waals surface area contributed by atoms with Gasteiger partial charge in [-0.1, -0.05) is 19.8 Å². The molecule has 9 heteroatoms. The molecule has 1 aromatic rings. The Labute approximate surface area is 128 Å². The van der Waals surface area contributed by atoms with Crippen LogP contribution in [-0.2, 0) is 19.6 Å². The molecule has 0 saturated heterocycles. The fraction of sp³-hybridized carbons (Fsp3) is 0.462.